The van der Waals surface area contributed by atoms with Crippen molar-refractivity contribution in [1.82, 2.24) is 15.2 Å². The molecule has 4 nitrogen and oxygen atoms in total. The van der Waals surface area contributed by atoms with Crippen molar-refractivity contribution in [2.75, 3.05) is 26.2 Å². The first kappa shape index (κ1) is 17.1. The Morgan fingerprint density at radius 2 is 1.88 bits per heavy atom. The van der Waals surface area contributed by atoms with E-state index in [0.717, 1.165) is 30.1 Å². The lowest BCUT2D eigenvalue weighted by Gasteiger charge is -2.19. The third-order valence-electron chi connectivity index (χ3n) is 4.39. The molecule has 1 aliphatic heterocycles. The number of hydrogen-bond donors (Lipinski definition) is 1. The van der Waals surface area contributed by atoms with Crippen LogP contribution in [0.15, 0.2) is 36.5 Å². The Labute approximate surface area is 147 Å². The number of benzene rings is 1. The van der Waals surface area contributed by atoms with Gasteiger partial charge in [0.15, 0.2) is 0 Å². The number of thiazole rings is 1. The van der Waals surface area contributed by atoms with E-state index >= 15 is 0 Å². The van der Waals surface area contributed by atoms with E-state index in [0.29, 0.717) is 4.88 Å². The Morgan fingerprint density at radius 1 is 1.12 bits per heavy atom. The molecule has 1 aromatic heterocycles. The van der Waals surface area contributed by atoms with E-state index in [2.05, 4.69) is 15.2 Å². The standard InChI is InChI=1S/C19H25N3OS/c23-18(20-11-8-14-22-12-6-1-2-7-13-22)17-15-21-19(24-17)16-9-4-3-5-10-16/h3-5,9-10,15H,1-2,6-8,11-14H2,(H,20,23). The number of nitrogens with one attached hydrogen (secondary N) is 1. The van der Waals surface area contributed by atoms with Gasteiger partial charge in [0.05, 0.1) is 6.20 Å². The molecule has 0 aliphatic carbocycles. The summed E-state index contributed by atoms with van der Waals surface area (Å²) in [5.41, 5.74) is 1.06. The largest absolute Gasteiger partial charge is 0.351 e. The summed E-state index contributed by atoms with van der Waals surface area (Å²) in [7, 11) is 0. The van der Waals surface area contributed by atoms with Crippen LogP contribution in [0.2, 0.25) is 0 Å². The molecule has 0 atom stereocenters. The van der Waals surface area contributed by atoms with Gasteiger partial charge >= 0.3 is 0 Å². The van der Waals surface area contributed by atoms with Gasteiger partial charge in [-0.3, -0.25) is 4.79 Å². The van der Waals surface area contributed by atoms with Crippen molar-refractivity contribution in [1.29, 1.82) is 0 Å². The lowest BCUT2D eigenvalue weighted by Crippen LogP contribution is -2.30. The number of aromatic nitrogens is 1. The van der Waals surface area contributed by atoms with Crippen LogP contribution in [0.3, 0.4) is 0 Å². The molecule has 0 unspecified atom stereocenters. The highest BCUT2D eigenvalue weighted by atomic mass is 32.1. The van der Waals surface area contributed by atoms with Gasteiger partial charge in [0.2, 0.25) is 0 Å². The van der Waals surface area contributed by atoms with E-state index in [1.54, 1.807) is 6.20 Å². The van der Waals surface area contributed by atoms with Crippen LogP contribution >= 0.6 is 11.3 Å². The Morgan fingerprint density at radius 3 is 2.62 bits per heavy atom. The lowest BCUT2D eigenvalue weighted by molar-refractivity contribution is 0.0955. The predicted octanol–water partition coefficient (Wildman–Crippen LogP) is 3.81. The van der Waals surface area contributed by atoms with Gasteiger partial charge in [0.25, 0.3) is 5.91 Å². The summed E-state index contributed by atoms with van der Waals surface area (Å²) in [5.74, 6) is -0.00875. The SMILES string of the molecule is O=C(NCCCN1CCCCCC1)c1cnc(-c2ccccc2)s1. The van der Waals surface area contributed by atoms with Crippen molar-refractivity contribution in [2.24, 2.45) is 0 Å². The molecule has 1 aromatic carbocycles. The summed E-state index contributed by atoms with van der Waals surface area (Å²) in [5, 5.41) is 3.92. The average Bonchev–Trinajstić information content (AvgIpc) is 2.97. The first-order valence-corrected chi connectivity index (χ1v) is 9.66. The van der Waals surface area contributed by atoms with Gasteiger partial charge < -0.3 is 10.2 Å². The summed E-state index contributed by atoms with van der Waals surface area (Å²) in [6.45, 7) is 4.23. The maximum Gasteiger partial charge on any atom is 0.263 e. The zero-order valence-corrected chi connectivity index (χ0v) is 14.9. The Hall–Kier alpha value is -1.72. The Bertz CT molecular complexity index is 633. The molecule has 0 bridgehead atoms. The molecule has 0 spiro atoms. The molecule has 128 valence electrons. The molecule has 1 N–H and O–H groups in total. The molecule has 24 heavy (non-hydrogen) atoms. The highest BCUT2D eigenvalue weighted by molar-refractivity contribution is 7.16. The van der Waals surface area contributed by atoms with Crippen molar-refractivity contribution < 1.29 is 4.79 Å². The van der Waals surface area contributed by atoms with Crippen LogP contribution in [0.1, 0.15) is 41.8 Å². The van der Waals surface area contributed by atoms with Crippen LogP contribution in [-0.4, -0.2) is 42.0 Å². The van der Waals surface area contributed by atoms with E-state index in [-0.39, 0.29) is 5.91 Å². The fourth-order valence-corrected chi connectivity index (χ4v) is 3.88. The number of hydrogen-bond acceptors (Lipinski definition) is 4. The molecule has 5 heteroatoms. The van der Waals surface area contributed by atoms with Gasteiger partial charge in [0, 0.05) is 12.1 Å². The number of nitrogens with zero attached hydrogens (tertiary/aromatic N) is 2. The molecular weight excluding hydrogens is 318 g/mol. The molecule has 2 heterocycles. The van der Waals surface area contributed by atoms with Crippen molar-refractivity contribution in [2.45, 2.75) is 32.1 Å². The molecule has 0 radical (unpaired) electrons. The summed E-state index contributed by atoms with van der Waals surface area (Å²) in [4.78, 5) is 19.8. The van der Waals surface area contributed by atoms with Gasteiger partial charge in [-0.2, -0.15) is 0 Å². The summed E-state index contributed by atoms with van der Waals surface area (Å²) >= 11 is 1.45. The minimum absolute atomic E-state index is 0.00875. The number of carbonyl (C=O) groups excluding carboxylic acids is 1. The normalized spacial score (nSPS) is 15.8. The van der Waals surface area contributed by atoms with Gasteiger partial charge in [-0.25, -0.2) is 4.98 Å². The highest BCUT2D eigenvalue weighted by Crippen LogP contribution is 2.24. The van der Waals surface area contributed by atoms with Gasteiger partial charge in [-0.15, -0.1) is 11.3 Å². The van der Waals surface area contributed by atoms with E-state index in [9.17, 15) is 4.79 Å². The van der Waals surface area contributed by atoms with Crippen LogP contribution in [0.4, 0.5) is 0 Å². The quantitative estimate of drug-likeness (QED) is 0.811. The maximum atomic E-state index is 12.2. The average molecular weight is 343 g/mol. The van der Waals surface area contributed by atoms with Crippen molar-refractivity contribution >= 4 is 17.2 Å². The van der Waals surface area contributed by atoms with Crippen molar-refractivity contribution in [3.8, 4) is 10.6 Å². The van der Waals surface area contributed by atoms with Gasteiger partial charge in [0.1, 0.15) is 9.88 Å². The second kappa shape index (κ2) is 8.94. The smallest absolute Gasteiger partial charge is 0.263 e. The number of amides is 1. The molecular formula is C19H25N3OS. The molecule has 3 rings (SSSR count). The van der Waals surface area contributed by atoms with Crippen LogP contribution in [-0.2, 0) is 0 Å². The molecule has 1 saturated heterocycles. The highest BCUT2D eigenvalue weighted by Gasteiger charge is 2.12. The summed E-state index contributed by atoms with van der Waals surface area (Å²) < 4.78 is 0. The first-order chi connectivity index (χ1) is 11.8. The Kier molecular flexibility index (Phi) is 6.38. The lowest BCUT2D eigenvalue weighted by atomic mass is 10.2. The summed E-state index contributed by atoms with van der Waals surface area (Å²) in [6, 6.07) is 9.98. The molecule has 1 amide bonds. The van der Waals surface area contributed by atoms with Crippen molar-refractivity contribution in [3.63, 3.8) is 0 Å². The Balaban J connectivity index is 1.43. The molecule has 0 saturated carbocycles. The fraction of sp³-hybridized carbons (Fsp3) is 0.474. The summed E-state index contributed by atoms with van der Waals surface area (Å²) in [6.07, 6.45) is 8.04. The minimum atomic E-state index is -0.00875. The van der Waals surface area contributed by atoms with Crippen LogP contribution < -0.4 is 5.32 Å². The maximum absolute atomic E-state index is 12.2. The van der Waals surface area contributed by atoms with Gasteiger partial charge in [-0.05, 0) is 38.9 Å². The van der Waals surface area contributed by atoms with Crippen LogP contribution in [0, 0.1) is 0 Å². The zero-order chi connectivity index (χ0) is 16.6. The second-order valence-electron chi connectivity index (χ2n) is 6.26. The minimum Gasteiger partial charge on any atom is -0.351 e. The molecule has 1 aliphatic rings. The van der Waals surface area contributed by atoms with Crippen LogP contribution in [0.5, 0.6) is 0 Å². The zero-order valence-electron chi connectivity index (χ0n) is 14.0. The molecule has 1 fully saturated rings. The molecule has 2 aromatic rings. The van der Waals surface area contributed by atoms with E-state index in [4.69, 9.17) is 0 Å². The first-order valence-electron chi connectivity index (χ1n) is 8.85. The van der Waals surface area contributed by atoms with E-state index in [1.807, 2.05) is 30.3 Å². The number of carbonyl (C=O) groups is 1. The monoisotopic (exact) mass is 343 g/mol. The predicted molar refractivity (Wildman–Crippen MR) is 99.4 cm³/mol. The number of likely N-dealkylation sites (tertiary alicyclic amines) is 1. The van der Waals surface area contributed by atoms with E-state index in [1.165, 1.54) is 50.1 Å². The third kappa shape index (κ3) is 4.89. The fourth-order valence-electron chi connectivity index (χ4n) is 3.04. The number of rotatable bonds is 6. The third-order valence-corrected chi connectivity index (χ3v) is 5.43. The van der Waals surface area contributed by atoms with Crippen molar-refractivity contribution in [3.05, 3.63) is 41.4 Å². The van der Waals surface area contributed by atoms with Gasteiger partial charge in [-0.1, -0.05) is 43.2 Å². The topological polar surface area (TPSA) is 45.2 Å². The van der Waals surface area contributed by atoms with E-state index < -0.39 is 0 Å². The second-order valence-corrected chi connectivity index (χ2v) is 7.29. The van der Waals surface area contributed by atoms with Crippen LogP contribution in [0.25, 0.3) is 10.6 Å².